The van der Waals surface area contributed by atoms with Crippen molar-refractivity contribution in [1.82, 2.24) is 0 Å². The number of hydrogen-bond acceptors (Lipinski definition) is 20. The maximum atomic E-state index is 13.9. The van der Waals surface area contributed by atoms with Gasteiger partial charge in [0.25, 0.3) is 0 Å². The Labute approximate surface area is 429 Å². The van der Waals surface area contributed by atoms with Gasteiger partial charge < -0.3 is 71.7 Å². The molecule has 0 saturated heterocycles. The van der Waals surface area contributed by atoms with Crippen molar-refractivity contribution in [3.8, 4) is 23.0 Å². The van der Waals surface area contributed by atoms with E-state index in [9.17, 15) is 28.8 Å². The number of rotatable bonds is 19. The Morgan fingerprint density at radius 2 is 1.35 bits per heavy atom. The Morgan fingerprint density at radius 1 is 0.703 bits per heavy atom. The van der Waals surface area contributed by atoms with Crippen LogP contribution in [-0.4, -0.2) is 156 Å². The highest BCUT2D eigenvalue weighted by molar-refractivity contribution is 5.95. The third-order valence-corrected chi connectivity index (χ3v) is 11.6. The zero-order valence-corrected chi connectivity index (χ0v) is 43.1. The second-order valence-electron chi connectivity index (χ2n) is 17.7. The van der Waals surface area contributed by atoms with Crippen molar-refractivity contribution < 1.29 is 85.8 Å². The van der Waals surface area contributed by atoms with E-state index < -0.39 is 50.0 Å². The van der Waals surface area contributed by atoms with Gasteiger partial charge in [-0.15, -0.1) is 0 Å². The zero-order chi connectivity index (χ0) is 53.3. The Kier molecular flexibility index (Phi) is 20.2. The predicted octanol–water partition coefficient (Wildman–Crippen LogP) is 3.33. The van der Waals surface area contributed by atoms with Gasteiger partial charge >= 0.3 is 29.8 Å². The summed E-state index contributed by atoms with van der Waals surface area (Å²) in [5, 5.41) is 0. The molecule has 0 aromatic heterocycles. The molecule has 0 saturated carbocycles. The first-order chi connectivity index (χ1) is 35.5. The van der Waals surface area contributed by atoms with Crippen LogP contribution in [0.4, 0.5) is 17.1 Å². The number of fused-ring (bicyclic) bond motifs is 4. The van der Waals surface area contributed by atoms with E-state index in [1.807, 2.05) is 82.5 Å². The Bertz CT molecular complexity index is 2630. The number of esters is 5. The number of carbonyl (C=O) groups is 6. The Morgan fingerprint density at radius 3 is 2.01 bits per heavy atom. The fourth-order valence-corrected chi connectivity index (χ4v) is 7.83. The highest BCUT2D eigenvalue weighted by Crippen LogP contribution is 2.49. The quantitative estimate of drug-likeness (QED) is 0.0788. The number of benzene rings is 3. The second kappa shape index (κ2) is 26.9. The molecule has 0 bridgehead atoms. The summed E-state index contributed by atoms with van der Waals surface area (Å²) in [7, 11) is 7.96. The van der Waals surface area contributed by atoms with Crippen LogP contribution < -0.4 is 38.5 Å². The molecule has 0 fully saturated rings. The van der Waals surface area contributed by atoms with Crippen molar-refractivity contribution in [2.75, 3.05) is 129 Å². The molecule has 0 spiro atoms. The number of ketones is 1. The van der Waals surface area contributed by atoms with E-state index in [4.69, 9.17) is 52.1 Å². The van der Waals surface area contributed by atoms with Gasteiger partial charge in [-0.05, 0) is 55.0 Å². The molecule has 1 aliphatic carbocycles. The number of allylic oxidation sites excluding steroid dienone is 1. The van der Waals surface area contributed by atoms with Gasteiger partial charge in [0.1, 0.15) is 54.6 Å². The summed E-state index contributed by atoms with van der Waals surface area (Å²) in [4.78, 5) is 80.9. The second-order valence-corrected chi connectivity index (χ2v) is 17.7. The first-order valence-corrected chi connectivity index (χ1v) is 24.0. The smallest absolute Gasteiger partial charge is 0.347 e. The summed E-state index contributed by atoms with van der Waals surface area (Å²) in [6.45, 7) is 3.51. The predicted molar refractivity (Wildman–Crippen MR) is 268 cm³/mol. The summed E-state index contributed by atoms with van der Waals surface area (Å²) < 4.78 is 62.8. The molecular formula is C53H65N4O17+. The standard InChI is InChI=1S/C53H64N4O17/c1-34-9-14-44-49(23-34)66-21-22-67-50-26-43(53-41-12-10-38(54(5)6)24-47(41)74-48-25-39(55(7)8)11-13-42(48)53)46(68-30-52(63)73-33-71-37(4)60)27-45(50)56(28-40(61)15-18-65-31-69-35(2)58)16-19-64-20-17-57(44)29-51(62)72-32-70-36(3)59/h9-14,23-27,38H,15-22,28-33H2,1-8H3/p+1. The fourth-order valence-electron chi connectivity index (χ4n) is 7.83. The summed E-state index contributed by atoms with van der Waals surface area (Å²) in [6, 6.07) is 14.9. The first kappa shape index (κ1) is 55.7. The lowest BCUT2D eigenvalue weighted by Crippen LogP contribution is -3.09. The van der Waals surface area contributed by atoms with Crippen molar-refractivity contribution in [2.45, 2.75) is 40.2 Å². The number of Topliss-reactive ketones (excluding diaryl/α,β-unsaturated/α-hetero) is 1. The van der Waals surface area contributed by atoms with Crippen LogP contribution in [0.25, 0.3) is 5.57 Å². The topological polar surface area (TPSA) is 218 Å². The van der Waals surface area contributed by atoms with E-state index in [1.165, 1.54) is 20.8 Å². The minimum atomic E-state index is -0.825. The van der Waals surface area contributed by atoms with Gasteiger partial charge in [0, 0.05) is 101 Å². The normalized spacial score (nSPS) is 15.4. The molecule has 1 unspecified atom stereocenters. The molecule has 6 rings (SSSR count). The van der Waals surface area contributed by atoms with Crippen molar-refractivity contribution in [2.24, 2.45) is 0 Å². The van der Waals surface area contributed by atoms with Crippen molar-refractivity contribution >= 4 is 58.3 Å². The Balaban J connectivity index is 1.47. The third kappa shape index (κ3) is 15.9. The molecule has 2 aliphatic heterocycles. The summed E-state index contributed by atoms with van der Waals surface area (Å²) in [5.74, 6) is -1.34. The minimum absolute atomic E-state index is 0.0132. The molecule has 398 valence electrons. The largest absolute Gasteiger partial charge is 0.488 e. The van der Waals surface area contributed by atoms with Crippen LogP contribution in [0.15, 0.2) is 78.1 Å². The maximum absolute atomic E-state index is 13.9. The first-order valence-electron chi connectivity index (χ1n) is 24.0. The lowest BCUT2D eigenvalue weighted by Gasteiger charge is -2.31. The van der Waals surface area contributed by atoms with Crippen molar-refractivity contribution in [3.05, 3.63) is 94.8 Å². The van der Waals surface area contributed by atoms with E-state index >= 15 is 0 Å². The van der Waals surface area contributed by atoms with Crippen molar-refractivity contribution in [3.63, 3.8) is 0 Å². The molecule has 0 radical (unpaired) electrons. The molecular weight excluding hydrogens is 965 g/mol. The number of quaternary nitrogens is 1. The molecule has 3 aromatic rings. The number of hydrogen-bond donors (Lipinski definition) is 1. The SMILES string of the molecule is CC(=O)OCOCCC(=O)CN1CCOCCN(CC(=O)OCOC(C)=O)c2ccc(C)cc2OCCOc2cc(C3=C4C=CC([NH+](C)C)C=C4Oc4cc(N(C)C)ccc43)c(OCC(=O)OCOC(C)=O)cc21. The molecule has 0 amide bonds. The number of nitrogens with zero attached hydrogens (tertiary/aromatic N) is 3. The molecule has 74 heavy (non-hydrogen) atoms. The van der Waals surface area contributed by atoms with Gasteiger partial charge in [0.05, 0.1) is 51.8 Å². The fraction of sp³-hybridized carbons (Fsp3) is 0.434. The summed E-state index contributed by atoms with van der Waals surface area (Å²) in [5.41, 5.74) is 5.38. The summed E-state index contributed by atoms with van der Waals surface area (Å²) in [6.07, 6.45) is 6.08. The average molecular weight is 1030 g/mol. The van der Waals surface area contributed by atoms with Gasteiger partial charge in [0.2, 0.25) is 13.6 Å². The molecule has 1 atom stereocenters. The number of carbonyl (C=O) groups excluding carboxylic acids is 6. The monoisotopic (exact) mass is 1030 g/mol. The van der Waals surface area contributed by atoms with E-state index in [1.54, 1.807) is 21.9 Å². The minimum Gasteiger partial charge on any atom is -0.488 e. The van der Waals surface area contributed by atoms with E-state index in [2.05, 4.69) is 12.2 Å². The van der Waals surface area contributed by atoms with Crippen LogP contribution in [0.3, 0.4) is 0 Å². The number of anilines is 3. The van der Waals surface area contributed by atoms with Gasteiger partial charge in [0.15, 0.2) is 19.2 Å². The molecule has 21 heteroatoms. The van der Waals surface area contributed by atoms with E-state index in [0.29, 0.717) is 51.1 Å². The lowest BCUT2D eigenvalue weighted by molar-refractivity contribution is -0.871. The molecule has 1 N–H and O–H groups in total. The van der Waals surface area contributed by atoms with Crippen LogP contribution in [0.2, 0.25) is 0 Å². The highest BCUT2D eigenvalue weighted by Gasteiger charge is 2.33. The number of likely N-dealkylation sites (N-methyl/N-ethyl adjacent to an activating group) is 1. The highest BCUT2D eigenvalue weighted by atomic mass is 16.7. The van der Waals surface area contributed by atoms with Crippen LogP contribution in [0.5, 0.6) is 23.0 Å². The zero-order valence-electron chi connectivity index (χ0n) is 43.1. The third-order valence-electron chi connectivity index (χ3n) is 11.6. The number of ether oxygens (including phenoxy) is 11. The van der Waals surface area contributed by atoms with E-state index in [0.717, 1.165) is 21.7 Å². The Hall–Kier alpha value is -7.62. The van der Waals surface area contributed by atoms with E-state index in [-0.39, 0.29) is 90.0 Å². The molecule has 3 aliphatic rings. The molecule has 2 heterocycles. The van der Waals surface area contributed by atoms with Crippen LogP contribution in [-0.2, 0) is 61.9 Å². The van der Waals surface area contributed by atoms with Gasteiger partial charge in [-0.3, -0.25) is 24.0 Å². The lowest BCUT2D eigenvalue weighted by atomic mass is 9.86. The van der Waals surface area contributed by atoms with Gasteiger partial charge in [-0.2, -0.15) is 0 Å². The number of aryl methyl sites for hydroxylation is 1. The summed E-state index contributed by atoms with van der Waals surface area (Å²) >= 11 is 0. The van der Waals surface area contributed by atoms with Crippen LogP contribution >= 0.6 is 0 Å². The van der Waals surface area contributed by atoms with Crippen molar-refractivity contribution in [1.29, 1.82) is 0 Å². The number of nitrogens with one attached hydrogen (secondary N) is 1. The molecule has 21 nitrogen and oxygen atoms in total. The van der Waals surface area contributed by atoms with Crippen LogP contribution in [0.1, 0.15) is 43.9 Å². The maximum Gasteiger partial charge on any atom is 0.347 e. The average Bonchev–Trinajstić information content (AvgIpc) is 3.35. The molecule has 3 aromatic carbocycles. The van der Waals surface area contributed by atoms with Gasteiger partial charge in [-0.1, -0.05) is 6.07 Å². The van der Waals surface area contributed by atoms with Gasteiger partial charge in [-0.25, -0.2) is 4.79 Å². The van der Waals surface area contributed by atoms with Crippen LogP contribution in [0, 0.1) is 6.92 Å².